The first kappa shape index (κ1) is 18.2. The number of nitrogens with one attached hydrogen (secondary N) is 1. The Morgan fingerprint density at radius 3 is 2.86 bits per heavy atom. The fraction of sp³-hybridized carbons (Fsp3) is 0.600. The Balaban J connectivity index is 0.00000220. The van der Waals surface area contributed by atoms with Crippen LogP contribution in [0.4, 0.5) is 0 Å². The third-order valence-electron chi connectivity index (χ3n) is 3.77. The summed E-state index contributed by atoms with van der Waals surface area (Å²) >= 11 is 0. The molecular weight excluding hydrogens is 377 g/mol. The highest BCUT2D eigenvalue weighted by Crippen LogP contribution is 2.15. The predicted molar refractivity (Wildman–Crippen MR) is 98.1 cm³/mol. The van der Waals surface area contributed by atoms with Crippen LogP contribution in [0.2, 0.25) is 0 Å². The molecule has 1 fully saturated rings. The summed E-state index contributed by atoms with van der Waals surface area (Å²) in [4.78, 5) is 11.1. The Bertz CT molecular complexity index is 415. The number of nitrogens with zero attached hydrogens (tertiary/aromatic N) is 3. The Labute approximate surface area is 144 Å². The number of hydrogen-bond acceptors (Lipinski definition) is 3. The summed E-state index contributed by atoms with van der Waals surface area (Å²) in [6.07, 6.45) is 5.13. The van der Waals surface area contributed by atoms with Gasteiger partial charge in [0.25, 0.3) is 0 Å². The lowest BCUT2D eigenvalue weighted by Gasteiger charge is -2.27. The molecule has 0 bridgehead atoms. The second-order valence-corrected chi connectivity index (χ2v) is 5.47. The average molecular weight is 403 g/mol. The molecule has 0 saturated carbocycles. The molecule has 6 heteroatoms. The second kappa shape index (κ2) is 9.94. The largest absolute Gasteiger partial charge is 0.370 e. The molecule has 1 aliphatic rings. The van der Waals surface area contributed by atoms with Crippen LogP contribution in [0, 0.1) is 5.92 Å². The Kier molecular flexibility index (Phi) is 8.60. The first-order valence-corrected chi connectivity index (χ1v) is 7.36. The number of piperidine rings is 1. The van der Waals surface area contributed by atoms with Gasteiger partial charge in [0.2, 0.25) is 0 Å². The van der Waals surface area contributed by atoms with Crippen molar-refractivity contribution in [1.29, 1.82) is 0 Å². The zero-order chi connectivity index (χ0) is 14.2. The average Bonchev–Trinajstić information content (AvgIpc) is 2.48. The number of pyridine rings is 1. The molecule has 5 nitrogen and oxygen atoms in total. The lowest BCUT2D eigenvalue weighted by atomic mass is 9.97. The van der Waals surface area contributed by atoms with Gasteiger partial charge in [0.05, 0.1) is 0 Å². The van der Waals surface area contributed by atoms with Crippen LogP contribution in [-0.2, 0) is 6.42 Å². The predicted octanol–water partition coefficient (Wildman–Crippen LogP) is 1.49. The van der Waals surface area contributed by atoms with Crippen molar-refractivity contribution < 1.29 is 0 Å². The van der Waals surface area contributed by atoms with Crippen molar-refractivity contribution in [3.63, 3.8) is 0 Å². The van der Waals surface area contributed by atoms with E-state index in [1.54, 1.807) is 0 Å². The summed E-state index contributed by atoms with van der Waals surface area (Å²) < 4.78 is 0. The minimum atomic E-state index is 0. The lowest BCUT2D eigenvalue weighted by molar-refractivity contribution is 0.223. The van der Waals surface area contributed by atoms with Gasteiger partial charge >= 0.3 is 0 Å². The van der Waals surface area contributed by atoms with Crippen molar-refractivity contribution in [2.75, 3.05) is 33.2 Å². The van der Waals surface area contributed by atoms with Crippen LogP contribution in [0.3, 0.4) is 0 Å². The number of rotatable bonds is 5. The first-order chi connectivity index (χ1) is 9.74. The van der Waals surface area contributed by atoms with Gasteiger partial charge in [-0.2, -0.15) is 0 Å². The molecule has 0 amide bonds. The van der Waals surface area contributed by atoms with Gasteiger partial charge in [-0.3, -0.25) is 9.98 Å². The molecule has 0 aromatic carbocycles. The van der Waals surface area contributed by atoms with Crippen molar-refractivity contribution >= 4 is 29.9 Å². The molecule has 1 saturated heterocycles. The monoisotopic (exact) mass is 403 g/mol. The van der Waals surface area contributed by atoms with E-state index < -0.39 is 0 Å². The summed E-state index contributed by atoms with van der Waals surface area (Å²) in [5, 5.41) is 3.16. The Hall–Kier alpha value is -0.890. The molecule has 0 unspecified atom stereocenters. The van der Waals surface area contributed by atoms with Gasteiger partial charge in [-0.25, -0.2) is 0 Å². The maximum Gasteiger partial charge on any atom is 0.188 e. The van der Waals surface area contributed by atoms with E-state index >= 15 is 0 Å². The molecule has 0 atom stereocenters. The van der Waals surface area contributed by atoms with E-state index in [0.29, 0.717) is 11.9 Å². The Morgan fingerprint density at radius 1 is 1.43 bits per heavy atom. The topological polar surface area (TPSA) is 66.5 Å². The second-order valence-electron chi connectivity index (χ2n) is 5.47. The maximum atomic E-state index is 5.89. The van der Waals surface area contributed by atoms with E-state index in [4.69, 9.17) is 5.73 Å². The Morgan fingerprint density at radius 2 is 2.19 bits per heavy atom. The summed E-state index contributed by atoms with van der Waals surface area (Å²) in [6, 6.07) is 5.95. The van der Waals surface area contributed by atoms with Crippen molar-refractivity contribution in [2.45, 2.75) is 19.3 Å². The number of hydrogen-bond donors (Lipinski definition) is 2. The standard InChI is InChI=1S/C15H25N5.HI/c1-20-10-6-13(7-11-20)12-19-15(16)18-9-5-14-4-2-3-8-17-14;/h2-4,8,13H,5-7,9-12H2,1H3,(H3,16,18,19);1H. The molecule has 3 N–H and O–H groups in total. The van der Waals surface area contributed by atoms with E-state index in [-0.39, 0.29) is 24.0 Å². The quantitative estimate of drug-likeness (QED) is 0.444. The van der Waals surface area contributed by atoms with E-state index in [0.717, 1.165) is 25.2 Å². The lowest BCUT2D eigenvalue weighted by Crippen LogP contribution is -2.35. The molecule has 21 heavy (non-hydrogen) atoms. The van der Waals surface area contributed by atoms with E-state index in [1.807, 2.05) is 24.4 Å². The van der Waals surface area contributed by atoms with Gasteiger partial charge in [0, 0.05) is 31.4 Å². The SMILES string of the molecule is CN1CCC(CN=C(N)NCCc2ccccn2)CC1.I. The van der Waals surface area contributed by atoms with Crippen LogP contribution in [0.25, 0.3) is 0 Å². The minimum absolute atomic E-state index is 0. The summed E-state index contributed by atoms with van der Waals surface area (Å²) in [7, 11) is 2.17. The molecule has 0 aliphatic carbocycles. The zero-order valence-corrected chi connectivity index (χ0v) is 15.0. The molecule has 1 aromatic rings. The van der Waals surface area contributed by atoms with E-state index in [1.165, 1.54) is 25.9 Å². The number of likely N-dealkylation sites (tertiary alicyclic amines) is 1. The molecule has 2 heterocycles. The van der Waals surface area contributed by atoms with Crippen LogP contribution in [0.15, 0.2) is 29.4 Å². The highest BCUT2D eigenvalue weighted by Gasteiger charge is 2.15. The molecular formula is C15H26IN5. The van der Waals surface area contributed by atoms with Gasteiger partial charge in [0.15, 0.2) is 5.96 Å². The molecule has 1 aromatic heterocycles. The molecule has 118 valence electrons. The van der Waals surface area contributed by atoms with Gasteiger partial charge < -0.3 is 16.0 Å². The number of guanidine groups is 1. The van der Waals surface area contributed by atoms with Crippen LogP contribution >= 0.6 is 24.0 Å². The summed E-state index contributed by atoms with van der Waals surface area (Å²) in [5.74, 6) is 1.24. The smallest absolute Gasteiger partial charge is 0.188 e. The number of nitrogens with two attached hydrogens (primary N) is 1. The van der Waals surface area contributed by atoms with Crippen molar-refractivity contribution in [3.8, 4) is 0 Å². The van der Waals surface area contributed by atoms with Crippen LogP contribution in [0.1, 0.15) is 18.5 Å². The van der Waals surface area contributed by atoms with Gasteiger partial charge in [-0.05, 0) is 51.0 Å². The highest BCUT2D eigenvalue weighted by molar-refractivity contribution is 14.0. The third-order valence-corrected chi connectivity index (χ3v) is 3.77. The normalized spacial score (nSPS) is 17.3. The van der Waals surface area contributed by atoms with Crippen molar-refractivity contribution in [1.82, 2.24) is 15.2 Å². The summed E-state index contributed by atoms with van der Waals surface area (Å²) in [5.41, 5.74) is 6.96. The molecule has 0 radical (unpaired) electrons. The number of halogens is 1. The fourth-order valence-corrected chi connectivity index (χ4v) is 2.39. The number of aliphatic imine (C=N–C) groups is 1. The van der Waals surface area contributed by atoms with Gasteiger partial charge in [-0.15, -0.1) is 24.0 Å². The van der Waals surface area contributed by atoms with E-state index in [9.17, 15) is 0 Å². The molecule has 1 aliphatic heterocycles. The number of aromatic nitrogens is 1. The molecule has 0 spiro atoms. The van der Waals surface area contributed by atoms with Crippen LogP contribution in [-0.4, -0.2) is 49.1 Å². The molecule has 2 rings (SSSR count). The van der Waals surface area contributed by atoms with Crippen LogP contribution < -0.4 is 11.1 Å². The highest BCUT2D eigenvalue weighted by atomic mass is 127. The van der Waals surface area contributed by atoms with Crippen LogP contribution in [0.5, 0.6) is 0 Å². The fourth-order valence-electron chi connectivity index (χ4n) is 2.39. The minimum Gasteiger partial charge on any atom is -0.370 e. The summed E-state index contributed by atoms with van der Waals surface area (Å²) in [6.45, 7) is 3.97. The van der Waals surface area contributed by atoms with E-state index in [2.05, 4.69) is 27.2 Å². The van der Waals surface area contributed by atoms with Gasteiger partial charge in [-0.1, -0.05) is 6.07 Å². The third kappa shape index (κ3) is 7.08. The maximum absolute atomic E-state index is 5.89. The first-order valence-electron chi connectivity index (χ1n) is 7.36. The van der Waals surface area contributed by atoms with Gasteiger partial charge in [0.1, 0.15) is 0 Å². The van der Waals surface area contributed by atoms with Crippen molar-refractivity contribution in [2.24, 2.45) is 16.6 Å². The zero-order valence-electron chi connectivity index (χ0n) is 12.7. The van der Waals surface area contributed by atoms with Crippen molar-refractivity contribution in [3.05, 3.63) is 30.1 Å².